The number of hydrogen-bond acceptors (Lipinski definition) is 3. The zero-order chi connectivity index (χ0) is 16.3. The number of rotatable bonds is 6. The van der Waals surface area contributed by atoms with Crippen molar-refractivity contribution >= 4 is 5.78 Å². The second kappa shape index (κ2) is 6.40. The first kappa shape index (κ1) is 16.4. The standard InChI is InChI=1S/C17H19F2NO2/c1-11(12-4-5-12)3-10-15(20-22)16(21)13-6-8-14(9-7-13)17(2,18)19/h3,6-10,12,20,22H,4-5H2,1-2H3/b11-3+,15-10-. The van der Waals surface area contributed by atoms with Crippen molar-refractivity contribution in [2.24, 2.45) is 5.92 Å². The summed E-state index contributed by atoms with van der Waals surface area (Å²) in [6.45, 7) is 2.78. The average molecular weight is 307 g/mol. The molecule has 0 unspecified atom stereocenters. The maximum Gasteiger partial charge on any atom is 0.270 e. The van der Waals surface area contributed by atoms with Crippen LogP contribution in [0, 0.1) is 5.92 Å². The number of hydrogen-bond donors (Lipinski definition) is 2. The zero-order valence-corrected chi connectivity index (χ0v) is 12.6. The van der Waals surface area contributed by atoms with Crippen LogP contribution in [0.4, 0.5) is 8.78 Å². The van der Waals surface area contributed by atoms with Gasteiger partial charge in [-0.25, -0.2) is 8.78 Å². The minimum atomic E-state index is -2.94. The third-order valence-corrected chi connectivity index (χ3v) is 3.75. The van der Waals surface area contributed by atoms with E-state index in [0.717, 1.165) is 25.3 Å². The number of carbonyl (C=O) groups is 1. The quantitative estimate of drug-likeness (QED) is 0.358. The fraction of sp³-hybridized carbons (Fsp3) is 0.353. The normalized spacial score (nSPS) is 16.6. The molecule has 118 valence electrons. The molecule has 22 heavy (non-hydrogen) atoms. The van der Waals surface area contributed by atoms with Gasteiger partial charge in [0.05, 0.1) is 0 Å². The van der Waals surface area contributed by atoms with Crippen LogP contribution in [0.15, 0.2) is 47.7 Å². The Labute approximate surface area is 128 Å². The number of ketones is 1. The Morgan fingerprint density at radius 1 is 1.27 bits per heavy atom. The maximum atomic E-state index is 13.1. The summed E-state index contributed by atoms with van der Waals surface area (Å²) in [7, 11) is 0. The summed E-state index contributed by atoms with van der Waals surface area (Å²) < 4.78 is 26.3. The molecule has 2 N–H and O–H groups in total. The van der Waals surface area contributed by atoms with Crippen LogP contribution >= 0.6 is 0 Å². The number of alkyl halides is 2. The van der Waals surface area contributed by atoms with Crippen LogP contribution in [-0.4, -0.2) is 11.0 Å². The van der Waals surface area contributed by atoms with E-state index in [0.29, 0.717) is 5.92 Å². The molecule has 0 amide bonds. The molecule has 0 spiro atoms. The summed E-state index contributed by atoms with van der Waals surface area (Å²) in [5.74, 6) is -2.83. The van der Waals surface area contributed by atoms with E-state index in [1.54, 1.807) is 6.08 Å². The predicted molar refractivity (Wildman–Crippen MR) is 79.8 cm³/mol. The molecule has 1 aromatic carbocycles. The number of Topliss-reactive ketones (excluding diaryl/α,β-unsaturated/α-hetero) is 1. The van der Waals surface area contributed by atoms with E-state index < -0.39 is 11.7 Å². The van der Waals surface area contributed by atoms with Gasteiger partial charge < -0.3 is 0 Å². The smallest absolute Gasteiger partial charge is 0.270 e. The summed E-state index contributed by atoms with van der Waals surface area (Å²) in [4.78, 5) is 12.2. The number of hydroxylamine groups is 1. The molecule has 0 radical (unpaired) electrons. The lowest BCUT2D eigenvalue weighted by molar-refractivity contribution is 0.0174. The summed E-state index contributed by atoms with van der Waals surface area (Å²) in [6, 6.07) is 5.09. The fourth-order valence-corrected chi connectivity index (χ4v) is 2.12. The van der Waals surface area contributed by atoms with Gasteiger partial charge in [-0.05, 0) is 31.8 Å². The molecule has 1 aliphatic rings. The van der Waals surface area contributed by atoms with Gasteiger partial charge in [-0.1, -0.05) is 35.9 Å². The Kier molecular flexibility index (Phi) is 4.76. The highest BCUT2D eigenvalue weighted by Gasteiger charge is 2.24. The SMILES string of the molecule is C/C(=C\C=C(/NO)C(=O)c1ccc(C(C)(F)F)cc1)C1CC1. The highest BCUT2D eigenvalue weighted by atomic mass is 19.3. The van der Waals surface area contributed by atoms with Crippen molar-refractivity contribution in [1.82, 2.24) is 5.48 Å². The Bertz CT molecular complexity index is 609. The molecular formula is C17H19F2NO2. The molecule has 5 heteroatoms. The molecule has 2 rings (SSSR count). The van der Waals surface area contributed by atoms with E-state index in [4.69, 9.17) is 5.21 Å². The van der Waals surface area contributed by atoms with Crippen LogP contribution in [0.25, 0.3) is 0 Å². The Balaban J connectivity index is 2.17. The van der Waals surface area contributed by atoms with E-state index in [1.807, 2.05) is 12.4 Å². The number of benzene rings is 1. The number of carbonyl (C=O) groups excluding carboxylic acids is 1. The van der Waals surface area contributed by atoms with Gasteiger partial charge in [0.2, 0.25) is 5.78 Å². The van der Waals surface area contributed by atoms with Gasteiger partial charge in [-0.2, -0.15) is 0 Å². The summed E-state index contributed by atoms with van der Waals surface area (Å²) in [5.41, 5.74) is 3.12. The number of allylic oxidation sites excluding steroid dienone is 4. The molecule has 1 fully saturated rings. The lowest BCUT2D eigenvalue weighted by Crippen LogP contribution is -2.17. The molecule has 1 aliphatic carbocycles. The highest BCUT2D eigenvalue weighted by Crippen LogP contribution is 2.36. The van der Waals surface area contributed by atoms with E-state index in [-0.39, 0.29) is 16.8 Å². The number of nitrogens with one attached hydrogen (secondary N) is 1. The molecule has 0 saturated heterocycles. The minimum Gasteiger partial charge on any atom is -0.291 e. The van der Waals surface area contributed by atoms with Gasteiger partial charge in [0.15, 0.2) is 0 Å². The first-order valence-electron chi connectivity index (χ1n) is 7.14. The van der Waals surface area contributed by atoms with Crippen molar-refractivity contribution in [2.45, 2.75) is 32.6 Å². The fourth-order valence-electron chi connectivity index (χ4n) is 2.12. The van der Waals surface area contributed by atoms with Crippen LogP contribution in [0.1, 0.15) is 42.6 Å². The Morgan fingerprint density at radius 3 is 2.32 bits per heavy atom. The highest BCUT2D eigenvalue weighted by molar-refractivity contribution is 6.08. The van der Waals surface area contributed by atoms with Crippen molar-refractivity contribution in [2.75, 3.05) is 0 Å². The van der Waals surface area contributed by atoms with Crippen LogP contribution < -0.4 is 5.48 Å². The molecule has 0 aliphatic heterocycles. The Hall–Kier alpha value is -2.01. The van der Waals surface area contributed by atoms with Gasteiger partial charge in [0, 0.05) is 18.1 Å². The van der Waals surface area contributed by atoms with Crippen LogP contribution in [-0.2, 0) is 5.92 Å². The minimum absolute atomic E-state index is 0.0102. The van der Waals surface area contributed by atoms with E-state index in [1.165, 1.54) is 30.3 Å². The molecular weight excluding hydrogens is 288 g/mol. The second-order valence-corrected chi connectivity index (χ2v) is 5.67. The Morgan fingerprint density at radius 2 is 1.86 bits per heavy atom. The van der Waals surface area contributed by atoms with Crippen molar-refractivity contribution < 1.29 is 18.8 Å². The van der Waals surface area contributed by atoms with Crippen LogP contribution in [0.3, 0.4) is 0 Å². The molecule has 0 aromatic heterocycles. The van der Waals surface area contributed by atoms with E-state index in [2.05, 4.69) is 0 Å². The first-order chi connectivity index (χ1) is 10.3. The largest absolute Gasteiger partial charge is 0.291 e. The molecule has 3 nitrogen and oxygen atoms in total. The van der Waals surface area contributed by atoms with Crippen molar-refractivity contribution in [3.63, 3.8) is 0 Å². The second-order valence-electron chi connectivity index (χ2n) is 5.67. The van der Waals surface area contributed by atoms with Gasteiger partial charge in [-0.3, -0.25) is 15.5 Å². The van der Waals surface area contributed by atoms with Crippen LogP contribution in [0.2, 0.25) is 0 Å². The summed E-state index contributed by atoms with van der Waals surface area (Å²) in [6.07, 6.45) is 5.61. The predicted octanol–water partition coefficient (Wildman–Crippen LogP) is 4.20. The monoisotopic (exact) mass is 307 g/mol. The van der Waals surface area contributed by atoms with E-state index in [9.17, 15) is 13.6 Å². The molecule has 0 bridgehead atoms. The van der Waals surface area contributed by atoms with Crippen molar-refractivity contribution in [3.8, 4) is 0 Å². The lowest BCUT2D eigenvalue weighted by atomic mass is 10.0. The zero-order valence-electron chi connectivity index (χ0n) is 12.6. The molecule has 0 atom stereocenters. The molecule has 1 saturated carbocycles. The average Bonchev–Trinajstić information content (AvgIpc) is 3.31. The summed E-state index contributed by atoms with van der Waals surface area (Å²) >= 11 is 0. The van der Waals surface area contributed by atoms with Gasteiger partial charge in [0.25, 0.3) is 5.92 Å². The maximum absolute atomic E-state index is 13.1. The molecule has 1 aromatic rings. The number of halogens is 2. The summed E-state index contributed by atoms with van der Waals surface area (Å²) in [5, 5.41) is 9.12. The third-order valence-electron chi connectivity index (χ3n) is 3.75. The van der Waals surface area contributed by atoms with Gasteiger partial charge in [-0.15, -0.1) is 0 Å². The third kappa shape index (κ3) is 4.01. The van der Waals surface area contributed by atoms with Crippen molar-refractivity contribution in [1.29, 1.82) is 0 Å². The van der Waals surface area contributed by atoms with Crippen LogP contribution in [0.5, 0.6) is 0 Å². The molecule has 0 heterocycles. The van der Waals surface area contributed by atoms with Gasteiger partial charge in [0.1, 0.15) is 5.70 Å². The first-order valence-corrected chi connectivity index (χ1v) is 7.14. The van der Waals surface area contributed by atoms with E-state index >= 15 is 0 Å². The lowest BCUT2D eigenvalue weighted by Gasteiger charge is -2.11. The topological polar surface area (TPSA) is 49.3 Å². The van der Waals surface area contributed by atoms with Gasteiger partial charge >= 0.3 is 0 Å². The van der Waals surface area contributed by atoms with Crippen molar-refractivity contribution in [3.05, 3.63) is 58.8 Å².